The van der Waals surface area contributed by atoms with Crippen LogP contribution in [0, 0.1) is 23.2 Å². The Morgan fingerprint density at radius 1 is 1.13 bits per heavy atom. The molecule has 8 heteroatoms. The highest BCUT2D eigenvalue weighted by atomic mass is 32.2. The second-order valence-electron chi connectivity index (χ2n) is 9.77. The Morgan fingerprint density at radius 2 is 1.84 bits per heavy atom. The van der Waals surface area contributed by atoms with Gasteiger partial charge in [0.2, 0.25) is 5.91 Å². The van der Waals surface area contributed by atoms with Crippen LogP contribution in [0.25, 0.3) is 11.0 Å². The van der Waals surface area contributed by atoms with Gasteiger partial charge in [0.15, 0.2) is 10.8 Å². The molecule has 0 saturated heterocycles. The molecule has 4 aliphatic carbocycles. The quantitative estimate of drug-likeness (QED) is 0.449. The fourth-order valence-electron chi connectivity index (χ4n) is 6.52. The zero-order valence-electron chi connectivity index (χ0n) is 18.7. The van der Waals surface area contributed by atoms with E-state index >= 15 is 0 Å². The van der Waals surface area contributed by atoms with Crippen LogP contribution in [0.3, 0.4) is 0 Å². The molecule has 4 fully saturated rings. The van der Waals surface area contributed by atoms with Gasteiger partial charge in [-0.1, -0.05) is 25.6 Å². The van der Waals surface area contributed by atoms with Crippen LogP contribution in [0.15, 0.2) is 11.4 Å². The summed E-state index contributed by atoms with van der Waals surface area (Å²) in [7, 11) is 0. The highest BCUT2D eigenvalue weighted by Gasteiger charge is 2.54. The van der Waals surface area contributed by atoms with Crippen molar-refractivity contribution < 1.29 is 4.79 Å². The number of carbonyl (C=O) groups is 1. The van der Waals surface area contributed by atoms with Gasteiger partial charge in [-0.2, -0.15) is 5.10 Å². The molecule has 0 atom stereocenters. The van der Waals surface area contributed by atoms with Crippen LogP contribution in [-0.2, 0) is 11.3 Å². The molecule has 0 spiro atoms. The summed E-state index contributed by atoms with van der Waals surface area (Å²) in [5.74, 6) is 4.41. The number of rotatable bonds is 9. The number of fused-ring (bicyclic) bond motifs is 1. The highest BCUT2D eigenvalue weighted by Crippen LogP contribution is 2.60. The predicted molar refractivity (Wildman–Crippen MR) is 124 cm³/mol. The van der Waals surface area contributed by atoms with E-state index in [9.17, 15) is 4.79 Å². The number of nitrogens with one attached hydrogen (secondary N) is 2. The van der Waals surface area contributed by atoms with Crippen molar-refractivity contribution in [1.82, 2.24) is 25.1 Å². The molecule has 168 valence electrons. The fraction of sp³-hybridized carbons (Fsp3) is 0.739. The second kappa shape index (κ2) is 8.60. The Labute approximate surface area is 188 Å². The molecule has 0 aromatic carbocycles. The van der Waals surface area contributed by atoms with Crippen LogP contribution in [0.2, 0.25) is 0 Å². The van der Waals surface area contributed by atoms with Crippen LogP contribution in [-0.4, -0.2) is 44.5 Å². The number of hydrogen-bond donors (Lipinski definition) is 2. The molecule has 1 amide bonds. The molecule has 0 unspecified atom stereocenters. The zero-order chi connectivity index (χ0) is 21.4. The van der Waals surface area contributed by atoms with Gasteiger partial charge in [-0.15, -0.1) is 0 Å². The van der Waals surface area contributed by atoms with Crippen LogP contribution in [0.5, 0.6) is 0 Å². The largest absolute Gasteiger partial charge is 0.369 e. The molecule has 0 radical (unpaired) electrons. The normalized spacial score (nSPS) is 28.9. The smallest absolute Gasteiger partial charge is 0.226 e. The number of thioether (sulfide) groups is 1. The van der Waals surface area contributed by atoms with Crippen molar-refractivity contribution in [3.8, 4) is 0 Å². The Balaban J connectivity index is 1.27. The average Bonchev–Trinajstić information content (AvgIpc) is 3.14. The maximum absolute atomic E-state index is 13.2. The van der Waals surface area contributed by atoms with Gasteiger partial charge in [-0.05, 0) is 68.5 Å². The maximum atomic E-state index is 13.2. The zero-order valence-corrected chi connectivity index (χ0v) is 19.5. The molecule has 4 saturated carbocycles. The third-order valence-electron chi connectivity index (χ3n) is 7.42. The SMILES string of the molecule is CCCNc1nc(SCC)nc2c1cnn2CCNC(=O)C12CC3CC(CC(C3)C1)C2. The van der Waals surface area contributed by atoms with Gasteiger partial charge in [0.05, 0.1) is 18.1 Å². The monoisotopic (exact) mass is 442 g/mol. The van der Waals surface area contributed by atoms with Crippen molar-refractivity contribution in [3.05, 3.63) is 6.20 Å². The van der Waals surface area contributed by atoms with E-state index in [0.717, 1.165) is 77.7 Å². The lowest BCUT2D eigenvalue weighted by atomic mass is 9.49. The topological polar surface area (TPSA) is 84.7 Å². The van der Waals surface area contributed by atoms with Crippen molar-refractivity contribution in [2.75, 3.05) is 24.2 Å². The minimum absolute atomic E-state index is 0.0920. The molecule has 31 heavy (non-hydrogen) atoms. The van der Waals surface area contributed by atoms with Crippen molar-refractivity contribution >= 4 is 34.5 Å². The maximum Gasteiger partial charge on any atom is 0.226 e. The number of carbonyl (C=O) groups excluding carboxylic acids is 1. The lowest BCUT2D eigenvalue weighted by molar-refractivity contribution is -0.146. The third-order valence-corrected chi connectivity index (χ3v) is 8.15. The summed E-state index contributed by atoms with van der Waals surface area (Å²) >= 11 is 1.64. The van der Waals surface area contributed by atoms with Crippen LogP contribution in [0.4, 0.5) is 5.82 Å². The number of anilines is 1. The van der Waals surface area contributed by atoms with Crippen LogP contribution in [0.1, 0.15) is 58.8 Å². The van der Waals surface area contributed by atoms with Crippen LogP contribution < -0.4 is 10.6 Å². The van der Waals surface area contributed by atoms with E-state index in [-0.39, 0.29) is 11.3 Å². The summed E-state index contributed by atoms with van der Waals surface area (Å²) in [6, 6.07) is 0. The van der Waals surface area contributed by atoms with Crippen LogP contribution >= 0.6 is 11.8 Å². The van der Waals surface area contributed by atoms with E-state index in [0.29, 0.717) is 13.1 Å². The first-order valence-electron chi connectivity index (χ1n) is 12.0. The third kappa shape index (κ3) is 4.03. The summed E-state index contributed by atoms with van der Waals surface area (Å²) in [6.07, 6.45) is 10.3. The summed E-state index contributed by atoms with van der Waals surface area (Å²) in [5, 5.41) is 13.0. The molecule has 2 aromatic rings. The lowest BCUT2D eigenvalue weighted by Crippen LogP contribution is -2.53. The first-order valence-corrected chi connectivity index (χ1v) is 13.0. The van der Waals surface area contributed by atoms with Gasteiger partial charge in [0.25, 0.3) is 0 Å². The molecule has 6 rings (SSSR count). The fourth-order valence-corrected chi connectivity index (χ4v) is 7.09. The van der Waals surface area contributed by atoms with Crippen molar-refractivity contribution in [1.29, 1.82) is 0 Å². The van der Waals surface area contributed by atoms with E-state index < -0.39 is 0 Å². The molecular formula is C23H34N6OS. The van der Waals surface area contributed by atoms with Gasteiger partial charge >= 0.3 is 0 Å². The van der Waals surface area contributed by atoms with Gasteiger partial charge in [-0.25, -0.2) is 14.6 Å². The average molecular weight is 443 g/mol. The lowest BCUT2D eigenvalue weighted by Gasteiger charge is -2.55. The Kier molecular flexibility index (Phi) is 5.84. The standard InChI is InChI=1S/C23H34N6OS/c1-3-5-24-19-18-14-26-29(20(18)28-22(27-19)31-4-2)7-6-25-21(30)23-11-15-8-16(12-23)10-17(9-15)13-23/h14-17H,3-13H2,1-2H3,(H,25,30)(H,24,27,28). The van der Waals surface area contributed by atoms with Crippen molar-refractivity contribution in [2.24, 2.45) is 23.2 Å². The van der Waals surface area contributed by atoms with Gasteiger partial charge in [-0.3, -0.25) is 4.79 Å². The van der Waals surface area contributed by atoms with E-state index in [2.05, 4.69) is 34.6 Å². The second-order valence-corrected chi connectivity index (χ2v) is 11.0. The first kappa shape index (κ1) is 21.0. The molecule has 2 N–H and O–H groups in total. The van der Waals surface area contributed by atoms with Crippen molar-refractivity contribution in [2.45, 2.75) is 70.5 Å². The minimum atomic E-state index is -0.0920. The number of aromatic nitrogens is 4. The van der Waals surface area contributed by atoms with Gasteiger partial charge < -0.3 is 10.6 Å². The van der Waals surface area contributed by atoms with Crippen molar-refractivity contribution in [3.63, 3.8) is 0 Å². The summed E-state index contributed by atoms with van der Waals surface area (Å²) in [4.78, 5) is 22.6. The molecular weight excluding hydrogens is 408 g/mol. The Morgan fingerprint density at radius 3 is 2.48 bits per heavy atom. The molecule has 2 aromatic heterocycles. The van der Waals surface area contributed by atoms with Gasteiger partial charge in [0, 0.05) is 18.5 Å². The summed E-state index contributed by atoms with van der Waals surface area (Å²) in [6.45, 7) is 6.34. The minimum Gasteiger partial charge on any atom is -0.369 e. The van der Waals surface area contributed by atoms with E-state index in [1.54, 1.807) is 11.8 Å². The molecule has 4 aliphatic rings. The molecule has 0 aliphatic heterocycles. The predicted octanol–water partition coefficient (Wildman–Crippen LogP) is 4.09. The van der Waals surface area contributed by atoms with E-state index in [1.165, 1.54) is 19.3 Å². The summed E-state index contributed by atoms with van der Waals surface area (Å²) < 4.78 is 1.91. The highest BCUT2D eigenvalue weighted by molar-refractivity contribution is 7.99. The number of amides is 1. The Bertz CT molecular complexity index is 922. The number of nitrogens with zero attached hydrogens (tertiary/aromatic N) is 4. The summed E-state index contributed by atoms with van der Waals surface area (Å²) in [5.41, 5.74) is 0.749. The molecule has 7 nitrogen and oxygen atoms in total. The Hall–Kier alpha value is -1.83. The molecule has 4 bridgehead atoms. The van der Waals surface area contributed by atoms with E-state index in [1.807, 2.05) is 10.9 Å². The first-order chi connectivity index (χ1) is 15.1. The van der Waals surface area contributed by atoms with E-state index in [4.69, 9.17) is 4.98 Å². The van der Waals surface area contributed by atoms with Gasteiger partial charge in [0.1, 0.15) is 5.82 Å². The number of hydrogen-bond acceptors (Lipinski definition) is 6. The molecule has 2 heterocycles.